The lowest BCUT2D eigenvalue weighted by molar-refractivity contribution is -0.147. The number of nitrogen functional groups attached to an aromatic ring is 2. The van der Waals surface area contributed by atoms with Gasteiger partial charge in [0.05, 0.1) is 86.5 Å². The SMILES string of the molecule is CN(CCO)C(=O)c1c(I)c(N)c(I)c(C(=O)NCC(O)CO)c1I.CN(CCO)C(=O)c1c(I)c(N)c(I)c(C(=O)NCC(O)CO)c1I.O=C(O)CC(=O)O. The molecule has 0 spiro atoms. The number of rotatable bonds is 16. The van der Waals surface area contributed by atoms with Gasteiger partial charge in [-0.25, -0.2) is 0 Å². The predicted molar refractivity (Wildman–Crippen MR) is 257 cm³/mol. The van der Waals surface area contributed by atoms with E-state index in [1.54, 1.807) is 14.1 Å². The van der Waals surface area contributed by atoms with Crippen LogP contribution in [0.15, 0.2) is 0 Å². The molecule has 2 rings (SSSR count). The van der Waals surface area contributed by atoms with Crippen LogP contribution in [-0.4, -0.2) is 165 Å². The van der Waals surface area contributed by atoms with Crippen LogP contribution in [0.2, 0.25) is 0 Å². The molecule has 57 heavy (non-hydrogen) atoms. The zero-order chi connectivity index (χ0) is 44.5. The summed E-state index contributed by atoms with van der Waals surface area (Å²) in [6.07, 6.45) is -2.95. The smallest absolute Gasteiger partial charge is 0.314 e. The maximum absolute atomic E-state index is 12.7. The molecule has 0 aliphatic rings. The molecule has 26 heteroatoms. The van der Waals surface area contributed by atoms with Crippen molar-refractivity contribution in [2.24, 2.45) is 0 Å². The number of carbonyl (C=O) groups is 6. The number of nitrogens with two attached hydrogens (primary N) is 2. The Bertz CT molecular complexity index is 1670. The summed E-state index contributed by atoms with van der Waals surface area (Å²) in [7, 11) is 3.10. The summed E-state index contributed by atoms with van der Waals surface area (Å²) in [6, 6.07) is 0. The number of nitrogens with zero attached hydrogens (tertiary/aromatic N) is 2. The lowest BCUT2D eigenvalue weighted by atomic mass is 10.1. The van der Waals surface area contributed by atoms with E-state index in [1.165, 1.54) is 9.80 Å². The second kappa shape index (κ2) is 27.8. The first-order valence-electron chi connectivity index (χ1n) is 15.7. The number of hydrogen-bond acceptors (Lipinski definition) is 14. The van der Waals surface area contributed by atoms with Gasteiger partial charge in [0, 0.05) is 47.4 Å². The van der Waals surface area contributed by atoms with E-state index >= 15 is 0 Å². The van der Waals surface area contributed by atoms with Gasteiger partial charge in [0.2, 0.25) is 0 Å². The van der Waals surface area contributed by atoms with Crippen LogP contribution >= 0.6 is 136 Å². The highest BCUT2D eigenvalue weighted by molar-refractivity contribution is 14.1. The highest BCUT2D eigenvalue weighted by atomic mass is 127. The minimum atomic E-state index is -1.31. The first-order chi connectivity index (χ1) is 26.5. The molecule has 0 aliphatic carbocycles. The fourth-order valence-electron chi connectivity index (χ4n) is 3.88. The highest BCUT2D eigenvalue weighted by Crippen LogP contribution is 2.35. The van der Waals surface area contributed by atoms with Gasteiger partial charge >= 0.3 is 11.9 Å². The largest absolute Gasteiger partial charge is 0.481 e. The van der Waals surface area contributed by atoms with Gasteiger partial charge in [-0.05, 0) is 136 Å². The molecule has 0 saturated heterocycles. The van der Waals surface area contributed by atoms with Gasteiger partial charge < -0.3 is 72.8 Å². The Morgan fingerprint density at radius 1 is 0.561 bits per heavy atom. The Labute approximate surface area is 408 Å². The number of anilines is 2. The molecule has 0 fully saturated rings. The van der Waals surface area contributed by atoms with Crippen molar-refractivity contribution in [1.82, 2.24) is 20.4 Å². The Morgan fingerprint density at radius 3 is 1.07 bits per heavy atom. The van der Waals surface area contributed by atoms with E-state index < -0.39 is 55.6 Å². The van der Waals surface area contributed by atoms with E-state index in [4.69, 9.17) is 42.1 Å². The number of carboxylic acids is 2. The number of halogens is 6. The van der Waals surface area contributed by atoms with Crippen molar-refractivity contribution >= 4 is 182 Å². The van der Waals surface area contributed by atoms with Gasteiger partial charge in [-0.15, -0.1) is 0 Å². The third kappa shape index (κ3) is 17.1. The van der Waals surface area contributed by atoms with E-state index in [2.05, 4.69) is 10.6 Å². The summed E-state index contributed by atoms with van der Waals surface area (Å²) >= 11 is 11.6. The number of carboxylic acid groups (broad SMARTS) is 2. The van der Waals surface area contributed by atoms with E-state index in [1.807, 2.05) is 136 Å². The molecule has 2 atom stereocenters. The highest BCUT2D eigenvalue weighted by Gasteiger charge is 2.30. The topological polar surface area (TPSA) is 347 Å². The van der Waals surface area contributed by atoms with Crippen LogP contribution in [0.25, 0.3) is 0 Å². The van der Waals surface area contributed by atoms with E-state index in [-0.39, 0.29) is 62.3 Å². The molecule has 20 nitrogen and oxygen atoms in total. The molecule has 2 aromatic carbocycles. The van der Waals surface area contributed by atoms with Gasteiger partial charge in [0.25, 0.3) is 23.6 Å². The average molecular weight is 1480 g/mol. The van der Waals surface area contributed by atoms with E-state index in [0.717, 1.165) is 0 Å². The van der Waals surface area contributed by atoms with Crippen LogP contribution in [-0.2, 0) is 9.59 Å². The number of benzene rings is 2. The normalized spacial score (nSPS) is 11.5. The average Bonchev–Trinajstić information content (AvgIpc) is 3.14. The third-order valence-electron chi connectivity index (χ3n) is 6.87. The number of aliphatic hydroxyl groups is 6. The molecular weight excluding hydrogens is 1440 g/mol. The molecule has 14 N–H and O–H groups in total. The van der Waals surface area contributed by atoms with Crippen LogP contribution in [0.3, 0.4) is 0 Å². The van der Waals surface area contributed by atoms with E-state index in [0.29, 0.717) is 43.9 Å². The summed E-state index contributed by atoms with van der Waals surface area (Å²) in [5, 5.41) is 74.9. The molecule has 4 amide bonds. The fraction of sp³-hybridized carbons (Fsp3) is 0.419. The number of aliphatic hydroxyl groups excluding tert-OH is 6. The Hall–Kier alpha value is -1.00. The number of aliphatic carboxylic acids is 2. The van der Waals surface area contributed by atoms with Crippen LogP contribution < -0.4 is 22.1 Å². The van der Waals surface area contributed by atoms with Crippen molar-refractivity contribution < 1.29 is 69.6 Å². The number of amides is 4. The quantitative estimate of drug-likeness (QED) is 0.0598. The third-order valence-corrected chi connectivity index (χ3v) is 13.5. The molecule has 0 aromatic heterocycles. The van der Waals surface area contributed by atoms with Crippen molar-refractivity contribution in [2.75, 3.05) is 78.2 Å². The molecule has 0 bridgehead atoms. The monoisotopic (exact) mass is 1480 g/mol. The molecular formula is C31H40I6N6O14. The number of likely N-dealkylation sites (N-methyl/N-ethyl adjacent to an activating group) is 2. The summed E-state index contributed by atoms with van der Waals surface area (Å²) in [5.74, 6) is -4.32. The fourth-order valence-corrected chi connectivity index (χ4v) is 12.1. The van der Waals surface area contributed by atoms with Crippen LogP contribution in [0.5, 0.6) is 0 Å². The van der Waals surface area contributed by atoms with Crippen LogP contribution in [0.4, 0.5) is 11.4 Å². The van der Waals surface area contributed by atoms with Gasteiger partial charge in [-0.2, -0.15) is 0 Å². The predicted octanol–water partition coefficient (Wildman–Crippen LogP) is 0.00550. The second-order valence-electron chi connectivity index (χ2n) is 11.2. The van der Waals surface area contributed by atoms with Crippen molar-refractivity contribution in [1.29, 1.82) is 0 Å². The molecule has 0 saturated carbocycles. The molecule has 2 unspecified atom stereocenters. The van der Waals surface area contributed by atoms with Crippen molar-refractivity contribution in [3.63, 3.8) is 0 Å². The lowest BCUT2D eigenvalue weighted by Crippen LogP contribution is -2.36. The first-order valence-corrected chi connectivity index (χ1v) is 22.2. The van der Waals surface area contributed by atoms with Gasteiger partial charge in [-0.3, -0.25) is 28.8 Å². The Balaban J connectivity index is 0.000000942. The second-order valence-corrected chi connectivity index (χ2v) is 17.6. The van der Waals surface area contributed by atoms with Gasteiger partial charge in [0.1, 0.15) is 6.42 Å². The maximum Gasteiger partial charge on any atom is 0.314 e. The molecule has 0 radical (unpaired) electrons. The number of carbonyl (C=O) groups excluding carboxylic acids is 4. The van der Waals surface area contributed by atoms with Gasteiger partial charge in [0.15, 0.2) is 0 Å². The summed E-state index contributed by atoms with van der Waals surface area (Å²) < 4.78 is 2.95. The summed E-state index contributed by atoms with van der Waals surface area (Å²) in [6.45, 7) is -1.24. The van der Waals surface area contributed by atoms with Crippen molar-refractivity contribution in [2.45, 2.75) is 18.6 Å². The molecule has 2 aromatic rings. The number of nitrogens with one attached hydrogen (secondary N) is 2. The molecule has 0 aliphatic heterocycles. The van der Waals surface area contributed by atoms with Crippen molar-refractivity contribution in [3.05, 3.63) is 43.7 Å². The summed E-state index contributed by atoms with van der Waals surface area (Å²) in [5.41, 5.74) is 13.9. The standard InChI is InChI=1S/2C14H18I3N3O5.C3H4O4/c2*1-20(2-3-21)14(25)8-9(15)7(10(16)12(18)11(8)17)13(24)19-4-6(23)5-22;4-2(5)1-3(6)7/h2*6,21-23H,2-5,18H2,1H3,(H,19,24);1H2,(H,4,5)(H,6,7). The molecule has 320 valence electrons. The van der Waals surface area contributed by atoms with Gasteiger partial charge in [-0.1, -0.05) is 0 Å². The van der Waals surface area contributed by atoms with Crippen LogP contribution in [0.1, 0.15) is 47.9 Å². The van der Waals surface area contributed by atoms with E-state index in [9.17, 15) is 39.0 Å². The minimum absolute atomic E-state index is 0.124. The lowest BCUT2D eigenvalue weighted by Gasteiger charge is -2.21. The Morgan fingerprint density at radius 2 is 0.842 bits per heavy atom. The first kappa shape index (κ1) is 56.0. The minimum Gasteiger partial charge on any atom is -0.481 e. The summed E-state index contributed by atoms with van der Waals surface area (Å²) in [4.78, 5) is 71.9. The molecule has 0 heterocycles. The Kier molecular flexibility index (Phi) is 27.3. The van der Waals surface area contributed by atoms with Crippen LogP contribution in [0, 0.1) is 21.4 Å². The van der Waals surface area contributed by atoms with Crippen molar-refractivity contribution in [3.8, 4) is 0 Å². The maximum atomic E-state index is 12.7. The number of hydrogen-bond donors (Lipinski definition) is 12. The zero-order valence-electron chi connectivity index (χ0n) is 29.9. The zero-order valence-corrected chi connectivity index (χ0v) is 42.8.